The highest BCUT2D eigenvalue weighted by molar-refractivity contribution is 6.33. The maximum absolute atomic E-state index is 11.2. The lowest BCUT2D eigenvalue weighted by Crippen LogP contribution is -2.15. The molecule has 0 saturated heterocycles. The molecule has 5 heteroatoms. The normalized spacial score (nSPS) is 9.79. The van der Waals surface area contributed by atoms with Gasteiger partial charge in [0.15, 0.2) is 0 Å². The van der Waals surface area contributed by atoms with Crippen LogP contribution in [0.4, 0.5) is 0 Å². The minimum absolute atomic E-state index is 0.189. The van der Waals surface area contributed by atoms with Gasteiger partial charge in [-0.3, -0.25) is 4.79 Å². The van der Waals surface area contributed by atoms with E-state index in [1.54, 1.807) is 13.2 Å². The van der Waals surface area contributed by atoms with Gasteiger partial charge in [-0.2, -0.15) is 0 Å². The molecule has 0 saturated carbocycles. The molecule has 1 rings (SSSR count). The summed E-state index contributed by atoms with van der Waals surface area (Å²) in [5.41, 5.74) is 0. The van der Waals surface area contributed by atoms with Crippen LogP contribution >= 0.6 is 0 Å². The molecule has 1 aromatic carbocycles. The van der Waals surface area contributed by atoms with Crippen molar-refractivity contribution >= 4 is 11.8 Å². The molecule has 0 spiro atoms. The van der Waals surface area contributed by atoms with Gasteiger partial charge in [-0.1, -0.05) is 6.07 Å². The van der Waals surface area contributed by atoms with Crippen molar-refractivity contribution in [3.63, 3.8) is 0 Å². The highest BCUT2D eigenvalue weighted by Crippen LogP contribution is 2.19. The van der Waals surface area contributed by atoms with Crippen molar-refractivity contribution in [3.05, 3.63) is 24.3 Å². The van der Waals surface area contributed by atoms with E-state index in [4.69, 9.17) is 9.47 Å². The van der Waals surface area contributed by atoms with Gasteiger partial charge in [0.25, 0.3) is 0 Å². The van der Waals surface area contributed by atoms with Gasteiger partial charge < -0.3 is 14.2 Å². The molecular formula is C14H18O5. The van der Waals surface area contributed by atoms with Crippen LogP contribution in [0.2, 0.25) is 0 Å². The third-order valence-electron chi connectivity index (χ3n) is 2.52. The SMILES string of the molecule is COC(=O)C(=O)CCCCOc1cccc(OC)c1. The predicted molar refractivity (Wildman–Crippen MR) is 69.4 cm³/mol. The van der Waals surface area contributed by atoms with Crippen molar-refractivity contribution in [1.29, 1.82) is 0 Å². The van der Waals surface area contributed by atoms with Crippen molar-refractivity contribution in [2.24, 2.45) is 0 Å². The Kier molecular flexibility index (Phi) is 6.43. The van der Waals surface area contributed by atoms with Crippen LogP contribution in [0.15, 0.2) is 24.3 Å². The standard InChI is InChI=1S/C14H18O5/c1-17-11-6-5-7-12(10-11)19-9-4-3-8-13(15)14(16)18-2/h5-7,10H,3-4,8-9H2,1-2H3. The summed E-state index contributed by atoms with van der Waals surface area (Å²) in [4.78, 5) is 22.0. The topological polar surface area (TPSA) is 61.8 Å². The number of esters is 1. The average Bonchev–Trinajstić information content (AvgIpc) is 2.46. The van der Waals surface area contributed by atoms with E-state index in [0.717, 1.165) is 11.5 Å². The molecule has 0 radical (unpaired) electrons. The molecule has 1 aromatic rings. The van der Waals surface area contributed by atoms with E-state index in [1.165, 1.54) is 7.11 Å². The third kappa shape index (κ3) is 5.42. The van der Waals surface area contributed by atoms with Crippen LogP contribution in [-0.2, 0) is 14.3 Å². The molecule has 0 atom stereocenters. The number of hydrogen-bond donors (Lipinski definition) is 0. The first-order chi connectivity index (χ1) is 9.17. The van der Waals surface area contributed by atoms with E-state index < -0.39 is 11.8 Å². The number of unbranched alkanes of at least 4 members (excludes halogenated alkanes) is 1. The summed E-state index contributed by atoms with van der Waals surface area (Å²) >= 11 is 0. The average molecular weight is 266 g/mol. The van der Waals surface area contributed by atoms with Crippen LogP contribution in [0.25, 0.3) is 0 Å². The molecule has 0 aliphatic carbocycles. The van der Waals surface area contributed by atoms with E-state index in [-0.39, 0.29) is 6.42 Å². The minimum atomic E-state index is -0.784. The maximum Gasteiger partial charge on any atom is 0.374 e. The number of Topliss-reactive ketones (excluding diaryl/α,β-unsaturated/α-hetero) is 1. The highest BCUT2D eigenvalue weighted by Gasteiger charge is 2.12. The second-order valence-corrected chi connectivity index (χ2v) is 3.90. The van der Waals surface area contributed by atoms with Crippen LogP contribution < -0.4 is 9.47 Å². The van der Waals surface area contributed by atoms with Crippen molar-refractivity contribution in [1.82, 2.24) is 0 Å². The molecule has 104 valence electrons. The number of ketones is 1. The van der Waals surface area contributed by atoms with Gasteiger partial charge in [-0.15, -0.1) is 0 Å². The smallest absolute Gasteiger partial charge is 0.374 e. The Hall–Kier alpha value is -2.04. The molecule has 0 aliphatic rings. The summed E-state index contributed by atoms with van der Waals surface area (Å²) in [5.74, 6) is 0.176. The molecule has 0 aliphatic heterocycles. The van der Waals surface area contributed by atoms with Crippen molar-refractivity contribution in [3.8, 4) is 11.5 Å². The van der Waals surface area contributed by atoms with Crippen molar-refractivity contribution < 1.29 is 23.8 Å². The number of carbonyl (C=O) groups excluding carboxylic acids is 2. The Labute approximate surface area is 112 Å². The van der Waals surface area contributed by atoms with Gasteiger partial charge >= 0.3 is 5.97 Å². The van der Waals surface area contributed by atoms with Gasteiger partial charge in [0.1, 0.15) is 11.5 Å². The first kappa shape index (κ1) is 15.0. The third-order valence-corrected chi connectivity index (χ3v) is 2.52. The number of carbonyl (C=O) groups is 2. The number of rotatable bonds is 8. The summed E-state index contributed by atoms with van der Waals surface area (Å²) in [6.07, 6.45) is 1.48. The molecule has 0 unspecified atom stereocenters. The summed E-state index contributed by atoms with van der Waals surface area (Å²) in [6.45, 7) is 0.488. The fraction of sp³-hybridized carbons (Fsp3) is 0.429. The Morgan fingerprint density at radius 2 is 1.84 bits per heavy atom. The number of ether oxygens (including phenoxy) is 3. The molecule has 0 bridgehead atoms. The molecule has 19 heavy (non-hydrogen) atoms. The first-order valence-electron chi connectivity index (χ1n) is 6.05. The Bertz CT molecular complexity index is 428. The van der Waals surface area contributed by atoms with Crippen molar-refractivity contribution in [2.75, 3.05) is 20.8 Å². The quantitative estimate of drug-likeness (QED) is 0.409. The molecule has 0 N–H and O–H groups in total. The van der Waals surface area contributed by atoms with Crippen LogP contribution in [-0.4, -0.2) is 32.6 Å². The lowest BCUT2D eigenvalue weighted by atomic mass is 10.2. The lowest BCUT2D eigenvalue weighted by molar-refractivity contribution is -0.151. The van der Waals surface area contributed by atoms with Crippen LogP contribution in [0.5, 0.6) is 11.5 Å². The molecule has 0 amide bonds. The second kappa shape index (κ2) is 8.13. The largest absolute Gasteiger partial charge is 0.497 e. The minimum Gasteiger partial charge on any atom is -0.497 e. The summed E-state index contributed by atoms with van der Waals surface area (Å²) < 4.78 is 14.9. The van der Waals surface area contributed by atoms with E-state index in [9.17, 15) is 9.59 Å². The van der Waals surface area contributed by atoms with E-state index >= 15 is 0 Å². The fourth-order valence-corrected chi connectivity index (χ4v) is 1.48. The molecule has 0 aromatic heterocycles. The van der Waals surface area contributed by atoms with Crippen LogP contribution in [0.3, 0.4) is 0 Å². The highest BCUT2D eigenvalue weighted by atomic mass is 16.5. The zero-order valence-corrected chi connectivity index (χ0v) is 11.2. The summed E-state index contributed by atoms with van der Waals surface area (Å²) in [7, 11) is 2.80. The van der Waals surface area contributed by atoms with Gasteiger partial charge in [0.2, 0.25) is 5.78 Å². The zero-order chi connectivity index (χ0) is 14.1. The molecule has 5 nitrogen and oxygen atoms in total. The Morgan fingerprint density at radius 1 is 1.11 bits per heavy atom. The Morgan fingerprint density at radius 3 is 2.53 bits per heavy atom. The molecular weight excluding hydrogens is 248 g/mol. The van der Waals surface area contributed by atoms with E-state index in [0.29, 0.717) is 19.4 Å². The summed E-state index contributed by atoms with van der Waals surface area (Å²) in [5, 5.41) is 0. The zero-order valence-electron chi connectivity index (χ0n) is 11.2. The van der Waals surface area contributed by atoms with Gasteiger partial charge in [-0.05, 0) is 25.0 Å². The predicted octanol–water partition coefficient (Wildman–Crippen LogP) is 1.99. The number of hydrogen-bond acceptors (Lipinski definition) is 5. The van der Waals surface area contributed by atoms with Crippen molar-refractivity contribution in [2.45, 2.75) is 19.3 Å². The lowest BCUT2D eigenvalue weighted by Gasteiger charge is -2.07. The molecule has 0 fully saturated rings. The monoisotopic (exact) mass is 266 g/mol. The van der Waals surface area contributed by atoms with Crippen LogP contribution in [0.1, 0.15) is 19.3 Å². The fourth-order valence-electron chi connectivity index (χ4n) is 1.48. The van der Waals surface area contributed by atoms with Gasteiger partial charge in [-0.25, -0.2) is 4.79 Å². The summed E-state index contributed by atoms with van der Waals surface area (Å²) in [6, 6.07) is 7.30. The Balaban J connectivity index is 2.20. The maximum atomic E-state index is 11.2. The number of benzene rings is 1. The van der Waals surface area contributed by atoms with Gasteiger partial charge in [0, 0.05) is 12.5 Å². The first-order valence-corrected chi connectivity index (χ1v) is 6.05. The van der Waals surface area contributed by atoms with E-state index in [2.05, 4.69) is 4.74 Å². The van der Waals surface area contributed by atoms with Gasteiger partial charge in [0.05, 0.1) is 20.8 Å². The van der Waals surface area contributed by atoms with E-state index in [1.807, 2.05) is 18.2 Å². The molecule has 0 heterocycles. The number of methoxy groups -OCH3 is 2. The van der Waals surface area contributed by atoms with Crippen LogP contribution in [0, 0.1) is 0 Å². The second-order valence-electron chi connectivity index (χ2n) is 3.90.